The van der Waals surface area contributed by atoms with Crippen LogP contribution < -0.4 is 19.5 Å². The van der Waals surface area contributed by atoms with Crippen molar-refractivity contribution in [3.05, 3.63) is 52.1 Å². The van der Waals surface area contributed by atoms with Crippen LogP contribution in [0.25, 0.3) is 0 Å². The Kier molecular flexibility index (Phi) is 8.89. The lowest BCUT2D eigenvalue weighted by Gasteiger charge is -2.26. The van der Waals surface area contributed by atoms with Gasteiger partial charge >= 0.3 is 0 Å². The standard InChI is InChI=1S/C28H36BrN3O5/c1-9-36-23-12-18-14-32(26(31-29)19(18)13-20(23)27(34)30-7)15-22(33)17-10-21(28(4,5)6)25(35-8)24(11-17)37-16(2)3/h10-13,16H,9,14-15H2,1-8H3,(H,30,34)/b31-26-. The van der Waals surface area contributed by atoms with E-state index in [1.807, 2.05) is 37.8 Å². The van der Waals surface area contributed by atoms with Crippen LogP contribution >= 0.6 is 16.1 Å². The van der Waals surface area contributed by atoms with E-state index >= 15 is 0 Å². The molecule has 0 atom stereocenters. The molecule has 0 unspecified atom stereocenters. The molecule has 2 aromatic carbocycles. The fraction of sp³-hybridized carbons (Fsp3) is 0.464. The summed E-state index contributed by atoms with van der Waals surface area (Å²) in [6.45, 7) is 12.9. The topological polar surface area (TPSA) is 89.5 Å². The molecule has 1 N–H and O–H groups in total. The molecule has 37 heavy (non-hydrogen) atoms. The van der Waals surface area contributed by atoms with Gasteiger partial charge in [-0.1, -0.05) is 20.8 Å². The van der Waals surface area contributed by atoms with Gasteiger partial charge in [-0.05, 0) is 56.0 Å². The molecular weight excluding hydrogens is 538 g/mol. The van der Waals surface area contributed by atoms with E-state index in [0.29, 0.717) is 47.4 Å². The number of rotatable bonds is 9. The molecule has 0 aliphatic carbocycles. The van der Waals surface area contributed by atoms with Gasteiger partial charge in [0.15, 0.2) is 17.3 Å². The van der Waals surface area contributed by atoms with Gasteiger partial charge in [0.25, 0.3) is 5.91 Å². The Labute approximate surface area is 227 Å². The van der Waals surface area contributed by atoms with Gasteiger partial charge in [0, 0.05) is 30.3 Å². The van der Waals surface area contributed by atoms with Crippen LogP contribution in [0.5, 0.6) is 17.2 Å². The number of nitrogens with one attached hydrogen (secondary N) is 1. The highest BCUT2D eigenvalue weighted by Crippen LogP contribution is 2.40. The molecule has 0 bridgehead atoms. The minimum Gasteiger partial charge on any atom is -0.493 e. The van der Waals surface area contributed by atoms with Gasteiger partial charge in [0.1, 0.15) is 11.6 Å². The zero-order valence-electron chi connectivity index (χ0n) is 22.8. The predicted octanol–water partition coefficient (Wildman–Crippen LogP) is 5.29. The lowest BCUT2D eigenvalue weighted by molar-refractivity contribution is 0.0952. The second-order valence-electron chi connectivity index (χ2n) is 10.2. The van der Waals surface area contributed by atoms with Crippen molar-refractivity contribution >= 4 is 33.7 Å². The third-order valence-electron chi connectivity index (χ3n) is 6.04. The first-order chi connectivity index (χ1) is 17.4. The number of fused-ring (bicyclic) bond motifs is 1. The lowest BCUT2D eigenvalue weighted by Crippen LogP contribution is -2.31. The molecule has 0 aromatic heterocycles. The summed E-state index contributed by atoms with van der Waals surface area (Å²) < 4.78 is 21.8. The van der Waals surface area contributed by atoms with Crippen LogP contribution in [0.1, 0.15) is 78.9 Å². The first-order valence-electron chi connectivity index (χ1n) is 12.3. The summed E-state index contributed by atoms with van der Waals surface area (Å²) in [6, 6.07) is 7.26. The van der Waals surface area contributed by atoms with E-state index in [2.05, 4.69) is 46.3 Å². The number of amides is 1. The molecule has 1 heterocycles. The lowest BCUT2D eigenvalue weighted by atomic mass is 9.84. The minimum atomic E-state index is -0.269. The van der Waals surface area contributed by atoms with Gasteiger partial charge < -0.3 is 24.4 Å². The quantitative estimate of drug-likeness (QED) is 0.410. The second-order valence-corrected chi connectivity index (χ2v) is 10.5. The van der Waals surface area contributed by atoms with Crippen molar-refractivity contribution in [2.45, 2.75) is 59.6 Å². The van der Waals surface area contributed by atoms with E-state index in [1.165, 1.54) is 0 Å². The first kappa shape index (κ1) is 28.5. The number of ether oxygens (including phenoxy) is 3. The van der Waals surface area contributed by atoms with Crippen molar-refractivity contribution in [1.29, 1.82) is 0 Å². The molecular formula is C28H36BrN3O5. The number of ketones is 1. The summed E-state index contributed by atoms with van der Waals surface area (Å²) >= 11 is 3.22. The molecule has 200 valence electrons. The van der Waals surface area contributed by atoms with E-state index in [9.17, 15) is 9.59 Å². The monoisotopic (exact) mass is 573 g/mol. The SMILES string of the molecule is CCOc1cc2c(cc1C(=O)NC)/C(=N/Br)N(CC(=O)c1cc(OC(C)C)c(OC)c(C(C)(C)C)c1)C2. The Balaban J connectivity index is 1.99. The third kappa shape index (κ3) is 6.09. The molecule has 0 saturated heterocycles. The van der Waals surface area contributed by atoms with Crippen molar-refractivity contribution in [3.63, 3.8) is 0 Å². The van der Waals surface area contributed by atoms with Crippen molar-refractivity contribution in [3.8, 4) is 17.2 Å². The maximum Gasteiger partial charge on any atom is 0.254 e. The molecule has 0 saturated carbocycles. The van der Waals surface area contributed by atoms with Crippen LogP contribution in [0.3, 0.4) is 0 Å². The summed E-state index contributed by atoms with van der Waals surface area (Å²) in [4.78, 5) is 28.0. The molecule has 1 aliphatic heterocycles. The number of hydrogen-bond donors (Lipinski definition) is 1. The van der Waals surface area contributed by atoms with Gasteiger partial charge in [0.2, 0.25) is 0 Å². The van der Waals surface area contributed by atoms with Crippen LogP contribution in [0, 0.1) is 0 Å². The van der Waals surface area contributed by atoms with Gasteiger partial charge in [-0.2, -0.15) is 4.02 Å². The number of Topliss-reactive ketones (excluding diaryl/α,β-unsaturated/α-hetero) is 1. The number of methoxy groups -OCH3 is 1. The van der Waals surface area contributed by atoms with Crippen LogP contribution in [0.4, 0.5) is 0 Å². The summed E-state index contributed by atoms with van der Waals surface area (Å²) in [5.41, 5.74) is 3.29. The summed E-state index contributed by atoms with van der Waals surface area (Å²) in [5, 5.41) is 2.65. The molecule has 0 fully saturated rings. The largest absolute Gasteiger partial charge is 0.493 e. The highest BCUT2D eigenvalue weighted by Gasteiger charge is 2.31. The Morgan fingerprint density at radius 2 is 1.86 bits per heavy atom. The molecule has 9 heteroatoms. The van der Waals surface area contributed by atoms with E-state index in [-0.39, 0.29) is 29.8 Å². The van der Waals surface area contributed by atoms with E-state index in [1.54, 1.807) is 26.3 Å². The van der Waals surface area contributed by atoms with Crippen molar-refractivity contribution in [2.75, 3.05) is 27.3 Å². The van der Waals surface area contributed by atoms with Gasteiger partial charge in [0.05, 0.1) is 48.1 Å². The third-order valence-corrected chi connectivity index (χ3v) is 6.38. The number of benzene rings is 2. The molecule has 0 spiro atoms. The van der Waals surface area contributed by atoms with Crippen LogP contribution in [-0.2, 0) is 12.0 Å². The molecule has 2 aromatic rings. The Morgan fingerprint density at radius 1 is 1.16 bits per heavy atom. The number of carbonyl (C=O) groups excluding carboxylic acids is 2. The maximum absolute atomic E-state index is 13.6. The normalized spacial score (nSPS) is 14.1. The second kappa shape index (κ2) is 11.5. The van der Waals surface area contributed by atoms with Gasteiger partial charge in [-0.3, -0.25) is 9.59 Å². The fourth-order valence-electron chi connectivity index (χ4n) is 4.37. The maximum atomic E-state index is 13.6. The van der Waals surface area contributed by atoms with E-state index in [0.717, 1.165) is 16.7 Å². The zero-order chi connectivity index (χ0) is 27.5. The van der Waals surface area contributed by atoms with Gasteiger partial charge in [-0.15, -0.1) is 0 Å². The Bertz CT molecular complexity index is 1220. The Hall–Kier alpha value is -3.07. The van der Waals surface area contributed by atoms with Crippen molar-refractivity contribution in [1.82, 2.24) is 10.2 Å². The van der Waals surface area contributed by atoms with E-state index in [4.69, 9.17) is 14.2 Å². The van der Waals surface area contributed by atoms with Crippen molar-refractivity contribution in [2.24, 2.45) is 4.02 Å². The van der Waals surface area contributed by atoms with Crippen molar-refractivity contribution < 1.29 is 23.8 Å². The molecule has 0 radical (unpaired) electrons. The zero-order valence-corrected chi connectivity index (χ0v) is 24.4. The number of carbonyl (C=O) groups is 2. The van der Waals surface area contributed by atoms with Crippen LogP contribution in [0.2, 0.25) is 0 Å². The first-order valence-corrected chi connectivity index (χ1v) is 13.0. The van der Waals surface area contributed by atoms with E-state index < -0.39 is 0 Å². The average Bonchev–Trinajstić information content (AvgIpc) is 3.17. The predicted molar refractivity (Wildman–Crippen MR) is 149 cm³/mol. The highest BCUT2D eigenvalue weighted by atomic mass is 79.9. The number of amidine groups is 1. The van der Waals surface area contributed by atoms with Crippen LogP contribution in [0.15, 0.2) is 28.3 Å². The highest BCUT2D eigenvalue weighted by molar-refractivity contribution is 9.08. The minimum absolute atomic E-state index is 0.0821. The van der Waals surface area contributed by atoms with Crippen LogP contribution in [-0.4, -0.2) is 55.8 Å². The molecule has 3 rings (SSSR count). The molecule has 1 aliphatic rings. The summed E-state index contributed by atoms with van der Waals surface area (Å²) in [5.74, 6) is 1.94. The van der Waals surface area contributed by atoms with Gasteiger partial charge in [-0.25, -0.2) is 0 Å². The smallest absolute Gasteiger partial charge is 0.254 e. The average molecular weight is 575 g/mol. The summed E-state index contributed by atoms with van der Waals surface area (Å²) in [7, 11) is 3.19. The number of nitrogens with zero attached hydrogens (tertiary/aromatic N) is 2. The summed E-state index contributed by atoms with van der Waals surface area (Å²) in [6.07, 6.45) is -0.0821. The number of halogens is 1. The Morgan fingerprint density at radius 3 is 2.41 bits per heavy atom. The molecule has 1 amide bonds. The number of hydrogen-bond acceptors (Lipinski definition) is 6. The fourth-order valence-corrected chi connectivity index (χ4v) is 4.78. The molecule has 8 nitrogen and oxygen atoms in total.